The smallest absolute Gasteiger partial charge is 0.303 e. The van der Waals surface area contributed by atoms with Crippen LogP contribution in [0, 0.1) is 0 Å². The molecule has 0 spiro atoms. The number of carboxylic acids is 1. The summed E-state index contributed by atoms with van der Waals surface area (Å²) in [5, 5.41) is 8.66. The third-order valence-corrected chi connectivity index (χ3v) is 3.09. The van der Waals surface area contributed by atoms with Gasteiger partial charge in [-0.3, -0.25) is 14.4 Å². The van der Waals surface area contributed by atoms with Gasteiger partial charge >= 0.3 is 5.97 Å². The van der Waals surface area contributed by atoms with Crippen LogP contribution in [0.1, 0.15) is 47.4 Å². The molecule has 3 N–H and O–H groups in total. The molecule has 0 fully saturated rings. The number of carbonyl (C=O) groups excluding carboxylic acids is 2. The van der Waals surface area contributed by atoms with Crippen molar-refractivity contribution in [2.45, 2.75) is 32.7 Å². The van der Waals surface area contributed by atoms with Crippen molar-refractivity contribution in [3.05, 3.63) is 35.4 Å². The second-order valence-corrected chi connectivity index (χ2v) is 5.03. The predicted molar refractivity (Wildman–Crippen MR) is 78.0 cm³/mol. The maximum atomic E-state index is 12.4. The van der Waals surface area contributed by atoms with E-state index in [2.05, 4.69) is 0 Å². The lowest BCUT2D eigenvalue weighted by Crippen LogP contribution is -2.38. The number of amides is 2. The van der Waals surface area contributed by atoms with Crippen molar-refractivity contribution in [1.29, 1.82) is 0 Å². The normalized spacial score (nSPS) is 10.4. The van der Waals surface area contributed by atoms with Gasteiger partial charge in [0, 0.05) is 30.1 Å². The average molecular weight is 292 g/mol. The molecular formula is C15H20N2O4. The Kier molecular flexibility index (Phi) is 5.90. The Morgan fingerprint density at radius 3 is 2.10 bits per heavy atom. The van der Waals surface area contributed by atoms with Gasteiger partial charge in [0.05, 0.1) is 0 Å². The fourth-order valence-corrected chi connectivity index (χ4v) is 1.94. The molecule has 1 rings (SSSR count). The molecule has 0 atom stereocenters. The van der Waals surface area contributed by atoms with Crippen molar-refractivity contribution in [2.75, 3.05) is 6.54 Å². The van der Waals surface area contributed by atoms with Crippen molar-refractivity contribution in [3.8, 4) is 0 Å². The maximum Gasteiger partial charge on any atom is 0.303 e. The summed E-state index contributed by atoms with van der Waals surface area (Å²) in [6.07, 6.45) is 0.426. The number of carbonyl (C=O) groups is 3. The summed E-state index contributed by atoms with van der Waals surface area (Å²) in [6, 6.07) is 6.07. The predicted octanol–water partition coefficient (Wildman–Crippen LogP) is 1.50. The van der Waals surface area contributed by atoms with E-state index < -0.39 is 11.9 Å². The van der Waals surface area contributed by atoms with Crippen molar-refractivity contribution >= 4 is 17.8 Å². The molecule has 0 unspecified atom stereocenters. The number of carboxylic acid groups (broad SMARTS) is 1. The number of hydrogen-bond donors (Lipinski definition) is 2. The van der Waals surface area contributed by atoms with Crippen LogP contribution in [0.3, 0.4) is 0 Å². The first kappa shape index (κ1) is 16.7. The van der Waals surface area contributed by atoms with Gasteiger partial charge in [0.2, 0.25) is 5.91 Å². The van der Waals surface area contributed by atoms with E-state index in [0.717, 1.165) is 0 Å². The number of nitrogens with zero attached hydrogens (tertiary/aromatic N) is 1. The maximum absolute atomic E-state index is 12.4. The number of aliphatic carboxylic acids is 1. The van der Waals surface area contributed by atoms with E-state index in [-0.39, 0.29) is 18.4 Å². The van der Waals surface area contributed by atoms with Gasteiger partial charge < -0.3 is 15.7 Å². The van der Waals surface area contributed by atoms with E-state index in [1.807, 2.05) is 13.8 Å². The molecule has 0 heterocycles. The Labute approximate surface area is 123 Å². The summed E-state index contributed by atoms with van der Waals surface area (Å²) >= 11 is 0. The van der Waals surface area contributed by atoms with Crippen LogP contribution in [0.15, 0.2) is 24.3 Å². The number of rotatable bonds is 7. The quantitative estimate of drug-likeness (QED) is 0.795. The molecule has 2 amide bonds. The van der Waals surface area contributed by atoms with Gasteiger partial charge in [-0.2, -0.15) is 0 Å². The summed E-state index contributed by atoms with van der Waals surface area (Å²) < 4.78 is 0. The Morgan fingerprint density at radius 1 is 1.14 bits per heavy atom. The number of hydrogen-bond acceptors (Lipinski definition) is 3. The molecule has 0 aliphatic heterocycles. The molecule has 0 bridgehead atoms. The van der Waals surface area contributed by atoms with E-state index in [9.17, 15) is 14.4 Å². The molecule has 1 aromatic carbocycles. The van der Waals surface area contributed by atoms with Gasteiger partial charge in [0.1, 0.15) is 0 Å². The lowest BCUT2D eigenvalue weighted by molar-refractivity contribution is -0.137. The first-order valence-corrected chi connectivity index (χ1v) is 6.75. The Balaban J connectivity index is 2.80. The van der Waals surface area contributed by atoms with Crippen molar-refractivity contribution < 1.29 is 19.5 Å². The molecule has 0 aliphatic carbocycles. The van der Waals surface area contributed by atoms with Gasteiger partial charge in [-0.25, -0.2) is 0 Å². The minimum absolute atomic E-state index is 0.0249. The third kappa shape index (κ3) is 4.91. The summed E-state index contributed by atoms with van der Waals surface area (Å²) in [5.74, 6) is -1.61. The van der Waals surface area contributed by atoms with Gasteiger partial charge in [-0.05, 0) is 44.5 Å². The van der Waals surface area contributed by atoms with E-state index in [0.29, 0.717) is 24.1 Å². The average Bonchev–Trinajstić information content (AvgIpc) is 2.42. The zero-order valence-electron chi connectivity index (χ0n) is 12.2. The molecule has 1 aromatic rings. The Morgan fingerprint density at radius 2 is 1.67 bits per heavy atom. The second kappa shape index (κ2) is 7.42. The second-order valence-electron chi connectivity index (χ2n) is 5.03. The lowest BCUT2D eigenvalue weighted by Gasteiger charge is -2.26. The summed E-state index contributed by atoms with van der Waals surface area (Å²) in [5.41, 5.74) is 5.94. The molecule has 6 heteroatoms. The molecule has 114 valence electrons. The number of nitrogens with two attached hydrogens (primary N) is 1. The first-order valence-electron chi connectivity index (χ1n) is 6.75. The minimum atomic E-state index is -0.878. The highest BCUT2D eigenvalue weighted by Gasteiger charge is 2.19. The van der Waals surface area contributed by atoms with Crippen LogP contribution >= 0.6 is 0 Å². The van der Waals surface area contributed by atoms with Crippen LogP contribution in [0.25, 0.3) is 0 Å². The largest absolute Gasteiger partial charge is 0.481 e. The highest BCUT2D eigenvalue weighted by atomic mass is 16.4. The van der Waals surface area contributed by atoms with Crippen LogP contribution in [-0.2, 0) is 4.79 Å². The number of benzene rings is 1. The fraction of sp³-hybridized carbons (Fsp3) is 0.400. The van der Waals surface area contributed by atoms with Gasteiger partial charge in [-0.15, -0.1) is 0 Å². The topological polar surface area (TPSA) is 101 Å². The van der Waals surface area contributed by atoms with Crippen molar-refractivity contribution in [1.82, 2.24) is 4.90 Å². The SMILES string of the molecule is CC(C)N(CCCC(=O)O)C(=O)c1ccc(C(N)=O)cc1. The first-order chi connectivity index (χ1) is 9.82. The van der Waals surface area contributed by atoms with E-state index in [1.54, 1.807) is 17.0 Å². The Bertz CT molecular complexity index is 523. The zero-order valence-corrected chi connectivity index (χ0v) is 12.2. The molecule has 0 radical (unpaired) electrons. The van der Waals surface area contributed by atoms with Crippen LogP contribution in [0.5, 0.6) is 0 Å². The standard InChI is InChI=1S/C15H20N2O4/c1-10(2)17(9-3-4-13(18)19)15(21)12-7-5-11(6-8-12)14(16)20/h5-8,10H,3-4,9H2,1-2H3,(H2,16,20)(H,18,19). The molecule has 6 nitrogen and oxygen atoms in total. The van der Waals surface area contributed by atoms with E-state index in [1.165, 1.54) is 12.1 Å². The molecular weight excluding hydrogens is 272 g/mol. The van der Waals surface area contributed by atoms with Crippen molar-refractivity contribution in [3.63, 3.8) is 0 Å². The van der Waals surface area contributed by atoms with Crippen molar-refractivity contribution in [2.24, 2.45) is 5.73 Å². The molecule has 0 aromatic heterocycles. The summed E-state index contributed by atoms with van der Waals surface area (Å²) in [4.78, 5) is 35.6. The van der Waals surface area contributed by atoms with Crippen LogP contribution in [0.4, 0.5) is 0 Å². The summed E-state index contributed by atoms with van der Waals surface area (Å²) in [6.45, 7) is 4.12. The van der Waals surface area contributed by atoms with Crippen LogP contribution in [0.2, 0.25) is 0 Å². The summed E-state index contributed by atoms with van der Waals surface area (Å²) in [7, 11) is 0. The zero-order chi connectivity index (χ0) is 16.0. The molecule has 0 saturated heterocycles. The lowest BCUT2D eigenvalue weighted by atomic mass is 10.1. The van der Waals surface area contributed by atoms with E-state index >= 15 is 0 Å². The minimum Gasteiger partial charge on any atom is -0.481 e. The third-order valence-electron chi connectivity index (χ3n) is 3.09. The van der Waals surface area contributed by atoms with Gasteiger partial charge in [-0.1, -0.05) is 0 Å². The molecule has 0 aliphatic rings. The van der Waals surface area contributed by atoms with Crippen LogP contribution in [-0.4, -0.2) is 40.4 Å². The highest BCUT2D eigenvalue weighted by Crippen LogP contribution is 2.11. The molecule has 21 heavy (non-hydrogen) atoms. The van der Waals surface area contributed by atoms with Gasteiger partial charge in [0.25, 0.3) is 5.91 Å². The monoisotopic (exact) mass is 292 g/mol. The molecule has 0 saturated carbocycles. The van der Waals surface area contributed by atoms with Gasteiger partial charge in [0.15, 0.2) is 0 Å². The fourth-order valence-electron chi connectivity index (χ4n) is 1.94. The van der Waals surface area contributed by atoms with E-state index in [4.69, 9.17) is 10.8 Å². The number of primary amides is 1. The van der Waals surface area contributed by atoms with Crippen LogP contribution < -0.4 is 5.73 Å². The Hall–Kier alpha value is -2.37. The highest BCUT2D eigenvalue weighted by molar-refractivity contribution is 5.97.